The zero-order chi connectivity index (χ0) is 14.7. The highest BCUT2D eigenvalue weighted by atomic mass is 79.9. The summed E-state index contributed by atoms with van der Waals surface area (Å²) < 4.78 is 0.927. The highest BCUT2D eigenvalue weighted by Gasteiger charge is 2.07. The first-order valence-corrected chi connectivity index (χ1v) is 7.51. The fourth-order valence-corrected chi connectivity index (χ4v) is 2.39. The van der Waals surface area contributed by atoms with Gasteiger partial charge in [0.05, 0.1) is 16.4 Å². The SMILES string of the molecule is Cc1c(N)cnc(NCc2ccc(C(C)C)cc2)c1Br. The van der Waals surface area contributed by atoms with Crippen molar-refractivity contribution in [3.05, 3.63) is 51.6 Å². The van der Waals surface area contributed by atoms with Crippen molar-refractivity contribution in [1.82, 2.24) is 4.98 Å². The molecule has 1 heterocycles. The number of hydrogen-bond donors (Lipinski definition) is 2. The number of nitrogens with zero attached hydrogens (tertiary/aromatic N) is 1. The van der Waals surface area contributed by atoms with Gasteiger partial charge in [-0.05, 0) is 45.5 Å². The van der Waals surface area contributed by atoms with E-state index in [-0.39, 0.29) is 0 Å². The maximum absolute atomic E-state index is 5.82. The minimum absolute atomic E-state index is 0.563. The van der Waals surface area contributed by atoms with Crippen LogP contribution in [0.25, 0.3) is 0 Å². The smallest absolute Gasteiger partial charge is 0.140 e. The van der Waals surface area contributed by atoms with Gasteiger partial charge in [0.2, 0.25) is 0 Å². The van der Waals surface area contributed by atoms with Gasteiger partial charge in [0.25, 0.3) is 0 Å². The summed E-state index contributed by atoms with van der Waals surface area (Å²) in [7, 11) is 0. The zero-order valence-corrected chi connectivity index (χ0v) is 13.7. The lowest BCUT2D eigenvalue weighted by Crippen LogP contribution is -2.04. The van der Waals surface area contributed by atoms with Gasteiger partial charge >= 0.3 is 0 Å². The molecular formula is C16H20BrN3. The van der Waals surface area contributed by atoms with Gasteiger partial charge in [-0.2, -0.15) is 0 Å². The molecule has 0 aliphatic rings. The average molecular weight is 334 g/mol. The van der Waals surface area contributed by atoms with E-state index in [0.29, 0.717) is 11.6 Å². The van der Waals surface area contributed by atoms with Gasteiger partial charge in [-0.3, -0.25) is 0 Å². The maximum Gasteiger partial charge on any atom is 0.140 e. The van der Waals surface area contributed by atoms with Crippen LogP contribution in [-0.4, -0.2) is 4.98 Å². The Morgan fingerprint density at radius 1 is 1.25 bits per heavy atom. The van der Waals surface area contributed by atoms with Gasteiger partial charge in [0.15, 0.2) is 0 Å². The number of pyridine rings is 1. The largest absolute Gasteiger partial charge is 0.397 e. The number of rotatable bonds is 4. The van der Waals surface area contributed by atoms with Crippen molar-refractivity contribution in [3.8, 4) is 0 Å². The quantitative estimate of drug-likeness (QED) is 0.867. The third-order valence-electron chi connectivity index (χ3n) is 3.41. The molecule has 0 unspecified atom stereocenters. The molecule has 0 spiro atoms. The average Bonchev–Trinajstić information content (AvgIpc) is 2.44. The highest BCUT2D eigenvalue weighted by Crippen LogP contribution is 2.28. The molecule has 1 aromatic carbocycles. The first kappa shape index (κ1) is 14.9. The molecule has 0 atom stereocenters. The number of nitrogens with two attached hydrogens (primary N) is 1. The van der Waals surface area contributed by atoms with Crippen molar-refractivity contribution in [2.24, 2.45) is 0 Å². The molecule has 3 nitrogen and oxygen atoms in total. The van der Waals surface area contributed by atoms with Gasteiger partial charge in [0, 0.05) is 6.54 Å². The van der Waals surface area contributed by atoms with Crippen LogP contribution in [0.1, 0.15) is 36.5 Å². The molecular weight excluding hydrogens is 314 g/mol. The van der Waals surface area contributed by atoms with Crippen molar-refractivity contribution >= 4 is 27.4 Å². The lowest BCUT2D eigenvalue weighted by Gasteiger charge is -2.11. The van der Waals surface area contributed by atoms with Gasteiger partial charge in [-0.1, -0.05) is 38.1 Å². The van der Waals surface area contributed by atoms with Crippen molar-refractivity contribution in [2.75, 3.05) is 11.1 Å². The van der Waals surface area contributed by atoms with Crippen molar-refractivity contribution in [3.63, 3.8) is 0 Å². The number of benzene rings is 1. The molecule has 2 aromatic rings. The summed E-state index contributed by atoms with van der Waals surface area (Å²) in [5.74, 6) is 1.39. The molecule has 0 saturated heterocycles. The molecule has 0 aliphatic heterocycles. The summed E-state index contributed by atoms with van der Waals surface area (Å²) in [6, 6.07) is 8.66. The molecule has 0 saturated carbocycles. The molecule has 20 heavy (non-hydrogen) atoms. The van der Waals surface area contributed by atoms with Crippen molar-refractivity contribution < 1.29 is 0 Å². The van der Waals surface area contributed by atoms with E-state index in [9.17, 15) is 0 Å². The molecule has 106 valence electrons. The van der Waals surface area contributed by atoms with Crippen LogP contribution >= 0.6 is 15.9 Å². The third-order valence-corrected chi connectivity index (χ3v) is 4.38. The van der Waals surface area contributed by atoms with E-state index in [2.05, 4.69) is 64.3 Å². The van der Waals surface area contributed by atoms with Crippen LogP contribution in [-0.2, 0) is 6.54 Å². The van der Waals surface area contributed by atoms with Crippen LogP contribution in [0.2, 0.25) is 0 Å². The van der Waals surface area contributed by atoms with Gasteiger partial charge < -0.3 is 11.1 Å². The number of hydrogen-bond acceptors (Lipinski definition) is 3. The highest BCUT2D eigenvalue weighted by molar-refractivity contribution is 9.10. The molecule has 0 bridgehead atoms. The van der Waals surface area contributed by atoms with E-state index in [1.807, 2.05) is 6.92 Å². The Bertz CT molecular complexity index is 591. The molecule has 2 rings (SSSR count). The summed E-state index contributed by atoms with van der Waals surface area (Å²) in [6.45, 7) is 7.12. The van der Waals surface area contributed by atoms with Gasteiger partial charge in [-0.25, -0.2) is 4.98 Å². The normalized spacial score (nSPS) is 10.8. The van der Waals surface area contributed by atoms with Gasteiger partial charge in [-0.15, -0.1) is 0 Å². The Kier molecular flexibility index (Phi) is 4.65. The second-order valence-corrected chi connectivity index (χ2v) is 6.04. The lowest BCUT2D eigenvalue weighted by atomic mass is 10.0. The van der Waals surface area contributed by atoms with Crippen LogP contribution in [0, 0.1) is 6.92 Å². The second-order valence-electron chi connectivity index (χ2n) is 5.25. The fraction of sp³-hybridized carbons (Fsp3) is 0.312. The monoisotopic (exact) mass is 333 g/mol. The van der Waals surface area contributed by atoms with E-state index in [4.69, 9.17) is 5.73 Å². The van der Waals surface area contributed by atoms with Crippen molar-refractivity contribution in [1.29, 1.82) is 0 Å². The van der Waals surface area contributed by atoms with Crippen LogP contribution in [0.5, 0.6) is 0 Å². The first-order valence-electron chi connectivity index (χ1n) is 6.72. The fourth-order valence-electron chi connectivity index (χ4n) is 1.92. The van der Waals surface area contributed by atoms with Crippen LogP contribution < -0.4 is 11.1 Å². The Morgan fingerprint density at radius 2 is 1.90 bits per heavy atom. The summed E-state index contributed by atoms with van der Waals surface area (Å²) in [4.78, 5) is 4.32. The van der Waals surface area contributed by atoms with E-state index in [1.54, 1.807) is 6.20 Å². The molecule has 0 amide bonds. The Balaban J connectivity index is 2.07. The predicted octanol–water partition coefficient (Wildman–Crippen LogP) is 4.47. The lowest BCUT2D eigenvalue weighted by molar-refractivity contribution is 0.865. The van der Waals surface area contributed by atoms with E-state index >= 15 is 0 Å². The zero-order valence-electron chi connectivity index (χ0n) is 12.1. The number of nitrogens with one attached hydrogen (secondary N) is 1. The second kappa shape index (κ2) is 6.27. The number of nitrogen functional groups attached to an aromatic ring is 1. The minimum Gasteiger partial charge on any atom is -0.397 e. The summed E-state index contributed by atoms with van der Waals surface area (Å²) in [5.41, 5.74) is 10.1. The number of anilines is 2. The summed E-state index contributed by atoms with van der Waals surface area (Å²) >= 11 is 3.53. The minimum atomic E-state index is 0.563. The van der Waals surface area contributed by atoms with Crippen LogP contribution in [0.15, 0.2) is 34.9 Å². The topological polar surface area (TPSA) is 50.9 Å². The van der Waals surface area contributed by atoms with Crippen LogP contribution in [0.4, 0.5) is 11.5 Å². The van der Waals surface area contributed by atoms with E-state index in [1.165, 1.54) is 11.1 Å². The predicted molar refractivity (Wildman–Crippen MR) is 88.9 cm³/mol. The van der Waals surface area contributed by atoms with Gasteiger partial charge in [0.1, 0.15) is 5.82 Å². The Hall–Kier alpha value is -1.55. The van der Waals surface area contributed by atoms with E-state index in [0.717, 1.165) is 22.4 Å². The molecule has 3 N–H and O–H groups in total. The standard InChI is InChI=1S/C16H20BrN3/c1-10(2)13-6-4-12(5-7-13)8-19-16-15(17)11(3)14(18)9-20-16/h4-7,9-10H,8,18H2,1-3H3,(H,19,20). The molecule has 0 fully saturated rings. The Labute approximate surface area is 128 Å². The first-order chi connectivity index (χ1) is 9.49. The van der Waals surface area contributed by atoms with Crippen LogP contribution in [0.3, 0.4) is 0 Å². The third kappa shape index (κ3) is 3.31. The molecule has 1 aromatic heterocycles. The Morgan fingerprint density at radius 3 is 2.50 bits per heavy atom. The number of aromatic nitrogens is 1. The molecule has 4 heteroatoms. The maximum atomic E-state index is 5.82. The summed E-state index contributed by atoms with van der Waals surface area (Å²) in [6.07, 6.45) is 1.68. The van der Waals surface area contributed by atoms with E-state index < -0.39 is 0 Å². The summed E-state index contributed by atoms with van der Waals surface area (Å²) in [5, 5.41) is 3.33. The molecule has 0 aliphatic carbocycles. The van der Waals surface area contributed by atoms with Crippen molar-refractivity contribution in [2.45, 2.75) is 33.2 Å². The molecule has 0 radical (unpaired) electrons. The number of halogens is 1.